The number of amides is 2. The molecule has 2 aliphatic rings. The van der Waals surface area contributed by atoms with E-state index >= 15 is 0 Å². The van der Waals surface area contributed by atoms with Crippen LogP contribution in [0.15, 0.2) is 18.2 Å². The molecule has 2 aliphatic heterocycles. The number of nitrogens with zero attached hydrogens (tertiary/aromatic N) is 2. The molecule has 0 atom stereocenters. The van der Waals surface area contributed by atoms with Gasteiger partial charge in [-0.1, -0.05) is 31.5 Å². The molecule has 2 heterocycles. The predicted molar refractivity (Wildman–Crippen MR) is 105 cm³/mol. The van der Waals surface area contributed by atoms with Crippen LogP contribution >= 0.6 is 11.6 Å². The molecule has 0 bridgehead atoms. The summed E-state index contributed by atoms with van der Waals surface area (Å²) in [5, 5.41) is 3.41. The van der Waals surface area contributed by atoms with E-state index in [1.807, 2.05) is 18.7 Å². The lowest BCUT2D eigenvalue weighted by Gasteiger charge is -2.40. The van der Waals surface area contributed by atoms with Crippen molar-refractivity contribution >= 4 is 17.6 Å². The number of nitrogens with one attached hydrogen (secondary N) is 1. The molecule has 5 nitrogen and oxygen atoms in total. The van der Waals surface area contributed by atoms with Crippen molar-refractivity contribution in [3.05, 3.63) is 34.6 Å². The number of benzene rings is 1. The standard InChI is InChI=1S/C20H29ClFN3O2/c1-20(2,17-4-3-15(22)13-18(17)21)14-23-19(26)25-9-7-24(8-10-25)16-5-11-27-12-6-16/h3-4,13,16H,5-12,14H2,1-2H3,(H,23,26). The van der Waals surface area contributed by atoms with Gasteiger partial charge in [-0.05, 0) is 30.5 Å². The van der Waals surface area contributed by atoms with Crippen LogP contribution in [0.2, 0.25) is 5.02 Å². The molecular formula is C20H29ClFN3O2. The molecule has 1 N–H and O–H groups in total. The highest BCUT2D eigenvalue weighted by Gasteiger charge is 2.29. The molecule has 0 unspecified atom stereocenters. The maximum absolute atomic E-state index is 13.3. The van der Waals surface area contributed by atoms with Crippen LogP contribution in [0, 0.1) is 5.82 Å². The van der Waals surface area contributed by atoms with Gasteiger partial charge in [0.15, 0.2) is 0 Å². The first kappa shape index (κ1) is 20.4. The van der Waals surface area contributed by atoms with Gasteiger partial charge in [-0.15, -0.1) is 0 Å². The number of rotatable bonds is 4. The summed E-state index contributed by atoms with van der Waals surface area (Å²) in [5.74, 6) is -0.356. The molecule has 0 aromatic heterocycles. The molecular weight excluding hydrogens is 369 g/mol. The molecule has 1 aromatic carbocycles. The SMILES string of the molecule is CC(C)(CNC(=O)N1CCN(C2CCOCC2)CC1)c1ccc(F)cc1Cl. The van der Waals surface area contributed by atoms with E-state index in [1.165, 1.54) is 12.1 Å². The third-order valence-electron chi connectivity index (χ3n) is 5.65. The minimum atomic E-state index is -0.385. The zero-order valence-corrected chi connectivity index (χ0v) is 16.9. The number of carbonyl (C=O) groups is 1. The van der Waals surface area contributed by atoms with Gasteiger partial charge in [-0.25, -0.2) is 9.18 Å². The fourth-order valence-electron chi connectivity index (χ4n) is 3.88. The first-order chi connectivity index (χ1) is 12.9. The van der Waals surface area contributed by atoms with Crippen molar-refractivity contribution in [3.8, 4) is 0 Å². The summed E-state index contributed by atoms with van der Waals surface area (Å²) in [6, 6.07) is 4.95. The summed E-state index contributed by atoms with van der Waals surface area (Å²) < 4.78 is 18.7. The molecule has 150 valence electrons. The van der Waals surface area contributed by atoms with Crippen molar-refractivity contribution in [1.29, 1.82) is 0 Å². The molecule has 0 saturated carbocycles. The topological polar surface area (TPSA) is 44.8 Å². The fraction of sp³-hybridized carbons (Fsp3) is 0.650. The van der Waals surface area contributed by atoms with Crippen LogP contribution in [0.5, 0.6) is 0 Å². The second kappa shape index (κ2) is 8.76. The third-order valence-corrected chi connectivity index (χ3v) is 5.96. The molecule has 2 amide bonds. The third kappa shape index (κ3) is 5.12. The first-order valence-corrected chi connectivity index (χ1v) is 10.0. The van der Waals surface area contributed by atoms with Crippen molar-refractivity contribution in [2.75, 3.05) is 45.9 Å². The molecule has 7 heteroatoms. The summed E-state index contributed by atoms with van der Waals surface area (Å²) in [7, 11) is 0. The maximum atomic E-state index is 13.3. The van der Waals surface area contributed by atoms with E-state index in [0.717, 1.165) is 57.8 Å². The summed E-state index contributed by atoms with van der Waals surface area (Å²) in [6.07, 6.45) is 2.16. The predicted octanol–water partition coefficient (Wildman–Crippen LogP) is 3.26. The summed E-state index contributed by atoms with van der Waals surface area (Å²) in [5.41, 5.74) is 0.444. The molecule has 1 aromatic rings. The summed E-state index contributed by atoms with van der Waals surface area (Å²) in [4.78, 5) is 16.9. The highest BCUT2D eigenvalue weighted by atomic mass is 35.5. The monoisotopic (exact) mass is 397 g/mol. The Bertz CT molecular complexity index is 657. The molecule has 0 spiro atoms. The van der Waals surface area contributed by atoms with Crippen LogP contribution < -0.4 is 5.32 Å². The lowest BCUT2D eigenvalue weighted by atomic mass is 9.84. The Morgan fingerprint density at radius 1 is 1.26 bits per heavy atom. The van der Waals surface area contributed by atoms with Gasteiger partial charge < -0.3 is 15.0 Å². The number of piperazine rings is 1. The number of urea groups is 1. The van der Waals surface area contributed by atoms with Crippen molar-refractivity contribution in [2.24, 2.45) is 0 Å². The molecule has 2 fully saturated rings. The Hall–Kier alpha value is -1.37. The summed E-state index contributed by atoms with van der Waals surface area (Å²) in [6.45, 7) is 9.40. The molecule has 27 heavy (non-hydrogen) atoms. The van der Waals surface area contributed by atoms with Crippen LogP contribution in [-0.4, -0.2) is 67.8 Å². The molecule has 3 rings (SSSR count). The molecule has 2 saturated heterocycles. The van der Waals surface area contributed by atoms with Crippen molar-refractivity contribution < 1.29 is 13.9 Å². The Morgan fingerprint density at radius 2 is 1.93 bits per heavy atom. The smallest absolute Gasteiger partial charge is 0.317 e. The van der Waals surface area contributed by atoms with E-state index in [4.69, 9.17) is 16.3 Å². The second-order valence-corrected chi connectivity index (χ2v) is 8.44. The molecule has 0 aliphatic carbocycles. The number of ether oxygens (including phenoxy) is 1. The van der Waals surface area contributed by atoms with E-state index in [2.05, 4.69) is 10.2 Å². The number of halogens is 2. The fourth-order valence-corrected chi connectivity index (χ4v) is 4.31. The Labute approximate surface area is 165 Å². The van der Waals surface area contributed by atoms with Crippen molar-refractivity contribution in [2.45, 2.75) is 38.1 Å². The van der Waals surface area contributed by atoms with Gasteiger partial charge in [-0.3, -0.25) is 4.90 Å². The van der Waals surface area contributed by atoms with Crippen LogP contribution in [0.4, 0.5) is 9.18 Å². The van der Waals surface area contributed by atoms with Gasteiger partial charge in [0.1, 0.15) is 5.82 Å². The van der Waals surface area contributed by atoms with E-state index in [1.54, 1.807) is 6.07 Å². The van der Waals surface area contributed by atoms with Crippen LogP contribution in [0.1, 0.15) is 32.3 Å². The van der Waals surface area contributed by atoms with Crippen LogP contribution in [0.3, 0.4) is 0 Å². The largest absolute Gasteiger partial charge is 0.381 e. The molecule has 0 radical (unpaired) electrons. The lowest BCUT2D eigenvalue weighted by Crippen LogP contribution is -2.55. The van der Waals surface area contributed by atoms with Gasteiger partial charge in [0.05, 0.1) is 0 Å². The zero-order chi connectivity index (χ0) is 19.4. The van der Waals surface area contributed by atoms with Gasteiger partial charge in [-0.2, -0.15) is 0 Å². The average molecular weight is 398 g/mol. The average Bonchev–Trinajstić information content (AvgIpc) is 2.67. The maximum Gasteiger partial charge on any atom is 0.317 e. The quantitative estimate of drug-likeness (QED) is 0.848. The first-order valence-electron chi connectivity index (χ1n) is 9.67. The van der Waals surface area contributed by atoms with E-state index in [9.17, 15) is 9.18 Å². The highest BCUT2D eigenvalue weighted by Crippen LogP contribution is 2.30. The Morgan fingerprint density at radius 3 is 2.56 bits per heavy atom. The Kier molecular flexibility index (Phi) is 6.61. The van der Waals surface area contributed by atoms with E-state index < -0.39 is 0 Å². The van der Waals surface area contributed by atoms with Gasteiger partial charge in [0.25, 0.3) is 0 Å². The Balaban J connectivity index is 1.49. The van der Waals surface area contributed by atoms with Crippen molar-refractivity contribution in [3.63, 3.8) is 0 Å². The number of hydrogen-bond acceptors (Lipinski definition) is 3. The zero-order valence-electron chi connectivity index (χ0n) is 16.1. The number of hydrogen-bond donors (Lipinski definition) is 1. The van der Waals surface area contributed by atoms with E-state index in [0.29, 0.717) is 17.6 Å². The van der Waals surface area contributed by atoms with Crippen LogP contribution in [0.25, 0.3) is 0 Å². The number of carbonyl (C=O) groups excluding carboxylic acids is 1. The minimum absolute atomic E-state index is 0.0482. The van der Waals surface area contributed by atoms with Gasteiger partial charge >= 0.3 is 6.03 Å². The lowest BCUT2D eigenvalue weighted by molar-refractivity contribution is 0.0187. The normalized spacial score (nSPS) is 19.9. The van der Waals surface area contributed by atoms with Crippen molar-refractivity contribution in [1.82, 2.24) is 15.1 Å². The van der Waals surface area contributed by atoms with Gasteiger partial charge in [0.2, 0.25) is 0 Å². The second-order valence-electron chi connectivity index (χ2n) is 8.03. The van der Waals surface area contributed by atoms with Gasteiger partial charge in [0, 0.05) is 62.4 Å². The summed E-state index contributed by atoms with van der Waals surface area (Å²) >= 11 is 6.19. The highest BCUT2D eigenvalue weighted by molar-refractivity contribution is 6.31. The van der Waals surface area contributed by atoms with Crippen LogP contribution in [-0.2, 0) is 10.2 Å². The van der Waals surface area contributed by atoms with E-state index in [-0.39, 0.29) is 17.3 Å². The minimum Gasteiger partial charge on any atom is -0.381 e.